The summed E-state index contributed by atoms with van der Waals surface area (Å²) in [4.78, 5) is 17.2. The van der Waals surface area contributed by atoms with Gasteiger partial charge in [0.25, 0.3) is 0 Å². The van der Waals surface area contributed by atoms with Gasteiger partial charge in [0, 0.05) is 19.0 Å². The van der Waals surface area contributed by atoms with Gasteiger partial charge in [0.1, 0.15) is 19.0 Å². The maximum Gasteiger partial charge on any atom is 0.232 e. The van der Waals surface area contributed by atoms with Gasteiger partial charge in [-0.25, -0.2) is 0 Å². The van der Waals surface area contributed by atoms with Gasteiger partial charge in [-0.3, -0.25) is 9.69 Å². The Morgan fingerprint density at radius 2 is 2.00 bits per heavy atom. The van der Waals surface area contributed by atoms with Crippen molar-refractivity contribution >= 4 is 17.3 Å². The number of anilines is 2. The number of hydrogen-bond acceptors (Lipinski definition) is 5. The van der Waals surface area contributed by atoms with Gasteiger partial charge < -0.3 is 19.1 Å². The Morgan fingerprint density at radius 3 is 2.87 bits per heavy atom. The van der Waals surface area contributed by atoms with Gasteiger partial charge in [0.05, 0.1) is 18.0 Å². The molecule has 0 saturated carbocycles. The molecular weight excluding hydrogens is 392 g/mol. The number of nitrogens with zero attached hydrogens (tertiary/aromatic N) is 2. The number of likely N-dealkylation sites (tertiary alicyclic amines) is 1. The van der Waals surface area contributed by atoms with E-state index in [1.807, 2.05) is 30.3 Å². The second kappa shape index (κ2) is 8.79. The highest BCUT2D eigenvalue weighted by molar-refractivity contribution is 6.04. The molecule has 1 amide bonds. The first-order valence-corrected chi connectivity index (χ1v) is 11.4. The summed E-state index contributed by atoms with van der Waals surface area (Å²) in [7, 11) is 0. The van der Waals surface area contributed by atoms with Gasteiger partial charge in [0.15, 0.2) is 11.5 Å². The number of hydrogen-bond donors (Lipinski definition) is 0. The normalized spacial score (nSPS) is 20.6. The van der Waals surface area contributed by atoms with Gasteiger partial charge in [-0.1, -0.05) is 6.07 Å². The quantitative estimate of drug-likeness (QED) is 0.649. The van der Waals surface area contributed by atoms with Gasteiger partial charge in [-0.05, 0) is 75.0 Å². The lowest BCUT2D eigenvalue weighted by molar-refractivity contribution is -0.118. The number of benzene rings is 2. The molecule has 1 atom stereocenters. The van der Waals surface area contributed by atoms with Gasteiger partial charge in [0.2, 0.25) is 5.91 Å². The predicted octanol–water partition coefficient (Wildman–Crippen LogP) is 4.32. The zero-order valence-electron chi connectivity index (χ0n) is 18.1. The Hall–Kier alpha value is -2.73. The van der Waals surface area contributed by atoms with Crippen molar-refractivity contribution in [2.45, 2.75) is 45.1 Å². The minimum atomic E-state index is 0.0727. The molecule has 6 nitrogen and oxygen atoms in total. The van der Waals surface area contributed by atoms with Crippen LogP contribution in [0.2, 0.25) is 0 Å². The van der Waals surface area contributed by atoms with Crippen LogP contribution in [-0.4, -0.2) is 49.8 Å². The van der Waals surface area contributed by atoms with Crippen LogP contribution < -0.4 is 19.1 Å². The Kier molecular flexibility index (Phi) is 5.72. The largest absolute Gasteiger partial charge is 0.494 e. The molecule has 3 aliphatic rings. The zero-order valence-corrected chi connectivity index (χ0v) is 18.1. The Morgan fingerprint density at radius 1 is 1.10 bits per heavy atom. The third kappa shape index (κ3) is 4.09. The number of rotatable bonds is 6. The summed E-state index contributed by atoms with van der Waals surface area (Å²) < 4.78 is 17.6. The van der Waals surface area contributed by atoms with E-state index in [1.54, 1.807) is 4.90 Å². The minimum absolute atomic E-state index is 0.0727. The van der Waals surface area contributed by atoms with Crippen LogP contribution in [0.5, 0.6) is 17.2 Å². The van der Waals surface area contributed by atoms with E-state index in [9.17, 15) is 4.79 Å². The van der Waals surface area contributed by atoms with Crippen molar-refractivity contribution in [1.82, 2.24) is 4.90 Å². The maximum atomic E-state index is 12.9. The molecule has 6 heteroatoms. The van der Waals surface area contributed by atoms with Crippen LogP contribution in [-0.2, 0) is 11.2 Å². The second-order valence-corrected chi connectivity index (χ2v) is 8.55. The molecule has 0 unspecified atom stereocenters. The summed E-state index contributed by atoms with van der Waals surface area (Å²) in [5, 5.41) is 0. The molecule has 1 saturated heterocycles. The Bertz CT molecular complexity index is 961. The summed E-state index contributed by atoms with van der Waals surface area (Å²) in [5.74, 6) is 2.28. The fourth-order valence-electron chi connectivity index (χ4n) is 4.84. The minimum Gasteiger partial charge on any atom is -0.494 e. The smallest absolute Gasteiger partial charge is 0.232 e. The molecule has 0 N–H and O–H groups in total. The van der Waals surface area contributed by atoms with Crippen molar-refractivity contribution in [3.05, 3.63) is 42.0 Å². The molecule has 1 fully saturated rings. The van der Waals surface area contributed by atoms with Crippen LogP contribution in [0.25, 0.3) is 0 Å². The SMILES string of the molecule is C[C@@H]1CCCN1CCCOc1ccc2c(c1)CCC(=O)N2c1cccc2c1OCCO2. The molecule has 2 aromatic rings. The summed E-state index contributed by atoms with van der Waals surface area (Å²) in [5.41, 5.74) is 2.77. The van der Waals surface area contributed by atoms with Crippen molar-refractivity contribution in [1.29, 1.82) is 0 Å². The monoisotopic (exact) mass is 422 g/mol. The lowest BCUT2D eigenvalue weighted by Gasteiger charge is -2.32. The maximum absolute atomic E-state index is 12.9. The number of aryl methyl sites for hydroxylation is 1. The summed E-state index contributed by atoms with van der Waals surface area (Å²) in [6.07, 6.45) is 4.83. The van der Waals surface area contributed by atoms with Crippen LogP contribution in [0, 0.1) is 0 Å². The van der Waals surface area contributed by atoms with E-state index in [0.29, 0.717) is 43.8 Å². The molecule has 3 aliphatic heterocycles. The predicted molar refractivity (Wildman–Crippen MR) is 120 cm³/mol. The molecule has 0 spiro atoms. The number of ether oxygens (including phenoxy) is 3. The van der Waals surface area contributed by atoms with Crippen LogP contribution in [0.15, 0.2) is 36.4 Å². The van der Waals surface area contributed by atoms with Crippen molar-refractivity contribution in [3.63, 3.8) is 0 Å². The van der Waals surface area contributed by atoms with E-state index in [2.05, 4.69) is 17.9 Å². The van der Waals surface area contributed by atoms with Crippen LogP contribution in [0.3, 0.4) is 0 Å². The number of fused-ring (bicyclic) bond motifs is 2. The fourth-order valence-corrected chi connectivity index (χ4v) is 4.84. The highest BCUT2D eigenvalue weighted by atomic mass is 16.6. The molecule has 3 heterocycles. The molecule has 0 radical (unpaired) electrons. The molecule has 0 bridgehead atoms. The van der Waals surface area contributed by atoms with Crippen LogP contribution in [0.1, 0.15) is 38.2 Å². The number of amides is 1. The Labute approximate surface area is 183 Å². The topological polar surface area (TPSA) is 51.2 Å². The van der Waals surface area contributed by atoms with Crippen LogP contribution in [0.4, 0.5) is 11.4 Å². The summed E-state index contributed by atoms with van der Waals surface area (Å²) >= 11 is 0. The zero-order chi connectivity index (χ0) is 21.2. The second-order valence-electron chi connectivity index (χ2n) is 8.55. The molecule has 2 aromatic carbocycles. The number of carbonyl (C=O) groups excluding carboxylic acids is 1. The Balaban J connectivity index is 1.31. The molecular formula is C25H30N2O4. The van der Waals surface area contributed by atoms with Gasteiger partial charge in [-0.15, -0.1) is 0 Å². The van der Waals surface area contributed by atoms with Crippen molar-refractivity contribution < 1.29 is 19.0 Å². The van der Waals surface area contributed by atoms with Crippen molar-refractivity contribution in [3.8, 4) is 17.2 Å². The van der Waals surface area contributed by atoms with Crippen molar-refractivity contribution in [2.75, 3.05) is 37.8 Å². The highest BCUT2D eigenvalue weighted by Crippen LogP contribution is 2.45. The first kappa shape index (κ1) is 20.2. The van der Waals surface area contributed by atoms with E-state index in [0.717, 1.165) is 42.1 Å². The van der Waals surface area contributed by atoms with E-state index >= 15 is 0 Å². The summed E-state index contributed by atoms with van der Waals surface area (Å²) in [6, 6.07) is 12.5. The molecule has 164 valence electrons. The van der Waals surface area contributed by atoms with Crippen molar-refractivity contribution in [2.24, 2.45) is 0 Å². The fraction of sp³-hybridized carbons (Fsp3) is 0.480. The van der Waals surface area contributed by atoms with Gasteiger partial charge in [-0.2, -0.15) is 0 Å². The molecule has 0 aromatic heterocycles. The van der Waals surface area contributed by atoms with Gasteiger partial charge >= 0.3 is 0 Å². The first-order chi connectivity index (χ1) is 15.2. The third-order valence-corrected chi connectivity index (χ3v) is 6.48. The first-order valence-electron chi connectivity index (χ1n) is 11.4. The molecule has 0 aliphatic carbocycles. The van der Waals surface area contributed by atoms with E-state index < -0.39 is 0 Å². The average Bonchev–Trinajstić information content (AvgIpc) is 3.21. The van der Waals surface area contributed by atoms with E-state index in [-0.39, 0.29) is 5.91 Å². The summed E-state index contributed by atoms with van der Waals surface area (Å²) in [6.45, 7) is 6.34. The number of carbonyl (C=O) groups is 1. The van der Waals surface area contributed by atoms with Crippen LogP contribution >= 0.6 is 0 Å². The lowest BCUT2D eigenvalue weighted by atomic mass is 9.99. The average molecular weight is 423 g/mol. The van der Waals surface area contributed by atoms with E-state index in [1.165, 1.54) is 19.4 Å². The standard InChI is InChI=1S/C25H30N2O4/c1-18-5-3-12-26(18)13-4-14-29-20-9-10-21-19(17-20)8-11-24(28)27(21)22-6-2-7-23-25(22)31-16-15-30-23/h2,6-7,9-10,17-18H,3-5,8,11-16H2,1H3/t18-/m1/s1. The van der Waals surface area contributed by atoms with E-state index in [4.69, 9.17) is 14.2 Å². The highest BCUT2D eigenvalue weighted by Gasteiger charge is 2.30. The third-order valence-electron chi connectivity index (χ3n) is 6.48. The molecule has 31 heavy (non-hydrogen) atoms. The lowest BCUT2D eigenvalue weighted by Crippen LogP contribution is -2.32. The molecule has 5 rings (SSSR count). The number of para-hydroxylation sites is 1.